The number of hydrogen-bond donors (Lipinski definition) is 2. The largest absolute Gasteiger partial charge is 0.381 e. The van der Waals surface area contributed by atoms with Crippen molar-refractivity contribution in [1.82, 2.24) is 19.5 Å². The molecule has 0 amide bonds. The highest BCUT2D eigenvalue weighted by Crippen LogP contribution is 2.16. The van der Waals surface area contributed by atoms with Crippen LogP contribution < -0.4 is 10.5 Å². The molecule has 0 bridgehead atoms. The van der Waals surface area contributed by atoms with E-state index in [1.54, 1.807) is 6.20 Å². The minimum atomic E-state index is -3.68. The van der Waals surface area contributed by atoms with Crippen LogP contribution in [0.5, 0.6) is 0 Å². The zero-order valence-electron chi connectivity index (χ0n) is 12.1. The molecule has 0 aromatic carbocycles. The van der Waals surface area contributed by atoms with Crippen molar-refractivity contribution in [3.05, 3.63) is 35.8 Å². The third-order valence-corrected chi connectivity index (χ3v) is 4.35. The number of nitrogens with one attached hydrogen (secondary N) is 1. The van der Waals surface area contributed by atoms with E-state index in [9.17, 15) is 8.42 Å². The molecule has 8 heteroatoms. The van der Waals surface area contributed by atoms with Crippen LogP contribution in [0.2, 0.25) is 0 Å². The Labute approximate surface area is 124 Å². The number of nitrogens with two attached hydrogens (primary N) is 1. The maximum absolute atomic E-state index is 12.2. The number of anilines is 1. The van der Waals surface area contributed by atoms with Gasteiger partial charge in [-0.05, 0) is 25.0 Å². The molecule has 0 saturated carbocycles. The Hall–Kier alpha value is -1.93. The lowest BCUT2D eigenvalue weighted by molar-refractivity contribution is 0.579. The Balaban J connectivity index is 2.12. The third-order valence-electron chi connectivity index (χ3n) is 2.94. The van der Waals surface area contributed by atoms with Gasteiger partial charge in [0.1, 0.15) is 4.90 Å². The summed E-state index contributed by atoms with van der Waals surface area (Å²) in [7, 11) is -3.68. The highest BCUT2D eigenvalue weighted by molar-refractivity contribution is 7.89. The van der Waals surface area contributed by atoms with E-state index in [-0.39, 0.29) is 17.3 Å². The van der Waals surface area contributed by atoms with Gasteiger partial charge in [-0.3, -0.25) is 9.67 Å². The smallest absolute Gasteiger partial charge is 0.246 e. The zero-order valence-corrected chi connectivity index (χ0v) is 12.9. The molecule has 21 heavy (non-hydrogen) atoms. The summed E-state index contributed by atoms with van der Waals surface area (Å²) in [6, 6.07) is 3.66. The number of nitrogen functional groups attached to an aromatic ring is 1. The summed E-state index contributed by atoms with van der Waals surface area (Å²) in [5, 5.41) is 4.00. The van der Waals surface area contributed by atoms with Crippen LogP contribution in [0.25, 0.3) is 0 Å². The Morgan fingerprint density at radius 2 is 2.14 bits per heavy atom. The molecular weight excluding hydrogens is 290 g/mol. The van der Waals surface area contributed by atoms with E-state index in [0.717, 1.165) is 17.7 Å². The Morgan fingerprint density at radius 3 is 2.76 bits per heavy atom. The number of pyridine rings is 1. The third kappa shape index (κ3) is 3.79. The highest BCUT2D eigenvalue weighted by atomic mass is 32.2. The molecule has 0 spiro atoms. The fourth-order valence-corrected chi connectivity index (χ4v) is 2.92. The summed E-state index contributed by atoms with van der Waals surface area (Å²) >= 11 is 0. The summed E-state index contributed by atoms with van der Waals surface area (Å²) in [5.41, 5.74) is 7.35. The Bertz CT molecular complexity index is 707. The van der Waals surface area contributed by atoms with E-state index >= 15 is 0 Å². The first kappa shape index (κ1) is 15.5. The number of aryl methyl sites for hydroxylation is 2. The van der Waals surface area contributed by atoms with Gasteiger partial charge in [-0.25, -0.2) is 13.1 Å². The normalized spacial score (nSPS) is 11.7. The van der Waals surface area contributed by atoms with E-state index in [1.807, 2.05) is 26.0 Å². The predicted octanol–water partition coefficient (Wildman–Crippen LogP) is 1.06. The molecule has 0 fully saturated rings. The second kappa shape index (κ2) is 6.23. The Morgan fingerprint density at radius 1 is 1.38 bits per heavy atom. The second-order valence-corrected chi connectivity index (χ2v) is 6.51. The molecule has 7 nitrogen and oxygen atoms in total. The van der Waals surface area contributed by atoms with Gasteiger partial charge in [0, 0.05) is 31.2 Å². The first-order valence-corrected chi connectivity index (χ1v) is 8.15. The molecule has 0 unspecified atom stereocenters. The van der Waals surface area contributed by atoms with Crippen LogP contribution in [0.3, 0.4) is 0 Å². The van der Waals surface area contributed by atoms with Crippen LogP contribution in [0.1, 0.15) is 24.6 Å². The van der Waals surface area contributed by atoms with Crippen molar-refractivity contribution in [2.24, 2.45) is 0 Å². The fourth-order valence-electron chi connectivity index (χ4n) is 1.83. The minimum absolute atomic E-state index is 0.0102. The Kier molecular flexibility index (Phi) is 4.59. The average molecular weight is 309 g/mol. The molecule has 0 aliphatic rings. The standard InChI is InChI=1S/C13H19N5O2S/c1-3-6-18-9-12(13(14)17-18)21(19,20)16-8-11-5-4-10(2)15-7-11/h4-5,7,9,16H,3,6,8H2,1-2H3,(H2,14,17). The van der Waals surface area contributed by atoms with Crippen LogP contribution in [-0.4, -0.2) is 23.2 Å². The van der Waals surface area contributed by atoms with E-state index in [4.69, 9.17) is 5.73 Å². The molecule has 0 aliphatic heterocycles. The zero-order chi connectivity index (χ0) is 15.5. The number of rotatable bonds is 6. The summed E-state index contributed by atoms with van der Waals surface area (Å²) in [4.78, 5) is 4.13. The minimum Gasteiger partial charge on any atom is -0.381 e. The molecule has 2 aromatic rings. The van der Waals surface area contributed by atoms with Crippen LogP contribution in [0.4, 0.5) is 5.82 Å². The van der Waals surface area contributed by atoms with Crippen molar-refractivity contribution in [1.29, 1.82) is 0 Å². The first-order chi connectivity index (χ1) is 9.92. The number of sulfonamides is 1. The SMILES string of the molecule is CCCn1cc(S(=O)(=O)NCc2ccc(C)nc2)c(N)n1. The maximum atomic E-state index is 12.2. The molecule has 2 heterocycles. The predicted molar refractivity (Wildman–Crippen MR) is 79.9 cm³/mol. The fraction of sp³-hybridized carbons (Fsp3) is 0.385. The number of aromatic nitrogens is 3. The summed E-state index contributed by atoms with van der Waals surface area (Å²) in [5.74, 6) is 0.0120. The lowest BCUT2D eigenvalue weighted by atomic mass is 10.2. The monoisotopic (exact) mass is 309 g/mol. The van der Waals surface area contributed by atoms with Crippen molar-refractivity contribution < 1.29 is 8.42 Å². The van der Waals surface area contributed by atoms with Gasteiger partial charge in [0.15, 0.2) is 5.82 Å². The van der Waals surface area contributed by atoms with Crippen molar-refractivity contribution in [2.45, 2.75) is 38.3 Å². The van der Waals surface area contributed by atoms with E-state index < -0.39 is 10.0 Å². The molecule has 0 atom stereocenters. The van der Waals surface area contributed by atoms with Crippen molar-refractivity contribution in [3.8, 4) is 0 Å². The van der Waals surface area contributed by atoms with Crippen molar-refractivity contribution in [3.63, 3.8) is 0 Å². The molecular formula is C13H19N5O2S. The first-order valence-electron chi connectivity index (χ1n) is 6.66. The van der Waals surface area contributed by atoms with Crippen LogP contribution >= 0.6 is 0 Å². The number of nitrogens with zero attached hydrogens (tertiary/aromatic N) is 3. The van der Waals surface area contributed by atoms with Gasteiger partial charge in [-0.15, -0.1) is 0 Å². The summed E-state index contributed by atoms with van der Waals surface area (Å²) in [6.45, 7) is 4.64. The molecule has 2 rings (SSSR count). The van der Waals surface area contributed by atoms with Gasteiger partial charge in [0.05, 0.1) is 0 Å². The molecule has 114 valence electrons. The molecule has 0 aliphatic carbocycles. The van der Waals surface area contributed by atoms with Gasteiger partial charge in [-0.1, -0.05) is 13.0 Å². The van der Waals surface area contributed by atoms with Crippen LogP contribution in [0, 0.1) is 6.92 Å². The lowest BCUT2D eigenvalue weighted by Gasteiger charge is -2.05. The van der Waals surface area contributed by atoms with Gasteiger partial charge < -0.3 is 5.73 Å². The summed E-state index contributed by atoms with van der Waals surface area (Å²) in [6.07, 6.45) is 3.94. The van der Waals surface area contributed by atoms with Gasteiger partial charge in [0.2, 0.25) is 10.0 Å². The van der Waals surface area contributed by atoms with Gasteiger partial charge in [0.25, 0.3) is 0 Å². The van der Waals surface area contributed by atoms with Crippen LogP contribution in [0.15, 0.2) is 29.4 Å². The van der Waals surface area contributed by atoms with Gasteiger partial charge >= 0.3 is 0 Å². The molecule has 2 aromatic heterocycles. The van der Waals surface area contributed by atoms with E-state index in [1.165, 1.54) is 10.9 Å². The average Bonchev–Trinajstić information content (AvgIpc) is 2.80. The topological polar surface area (TPSA) is 103 Å². The summed E-state index contributed by atoms with van der Waals surface area (Å²) < 4.78 is 28.5. The highest BCUT2D eigenvalue weighted by Gasteiger charge is 2.20. The quantitative estimate of drug-likeness (QED) is 0.830. The van der Waals surface area contributed by atoms with E-state index in [2.05, 4.69) is 14.8 Å². The van der Waals surface area contributed by atoms with E-state index in [0.29, 0.717) is 6.54 Å². The maximum Gasteiger partial charge on any atom is 0.246 e. The van der Waals surface area contributed by atoms with Crippen molar-refractivity contribution >= 4 is 15.8 Å². The number of hydrogen-bond acceptors (Lipinski definition) is 5. The van der Waals surface area contributed by atoms with Crippen molar-refractivity contribution in [2.75, 3.05) is 5.73 Å². The van der Waals surface area contributed by atoms with Crippen LogP contribution in [-0.2, 0) is 23.1 Å². The molecule has 0 saturated heterocycles. The van der Waals surface area contributed by atoms with Gasteiger partial charge in [-0.2, -0.15) is 5.10 Å². The molecule has 3 N–H and O–H groups in total. The molecule has 0 radical (unpaired) electrons. The second-order valence-electron chi connectivity index (χ2n) is 4.77. The lowest BCUT2D eigenvalue weighted by Crippen LogP contribution is -2.23.